The summed E-state index contributed by atoms with van der Waals surface area (Å²) < 4.78 is 13.9. The molecule has 0 saturated heterocycles. The van der Waals surface area contributed by atoms with Gasteiger partial charge in [-0.25, -0.2) is 14.4 Å². The van der Waals surface area contributed by atoms with Crippen LogP contribution in [0.3, 0.4) is 0 Å². The zero-order valence-electron chi connectivity index (χ0n) is 17.5. The molecule has 1 heterocycles. The van der Waals surface area contributed by atoms with E-state index in [9.17, 15) is 19.2 Å². The Morgan fingerprint density at radius 1 is 1.23 bits per heavy atom. The number of hydrogen-bond donors (Lipinski definition) is 2. The number of aryl methyl sites for hydroxylation is 1. The lowest BCUT2D eigenvalue weighted by Gasteiger charge is -2.13. The standard InChI is InChI=1S/C12H13N3O8.C6H15N/c1-6-9(23-12(20)22-6)5-21-11(19)15-8(10(17)18)3-2-7(16)4-14-13;1-4-7(5-2)6-3/h4,8H,2-3,5H2,1H3,(H,15,19)(H,17,18);4-6H2,1-3H3. The largest absolute Gasteiger partial charge is 0.519 e. The van der Waals surface area contributed by atoms with E-state index < -0.39 is 36.3 Å². The summed E-state index contributed by atoms with van der Waals surface area (Å²) in [6.45, 7) is 11.1. The molecule has 0 fully saturated rings. The number of carboxylic acids is 1. The van der Waals surface area contributed by atoms with Gasteiger partial charge in [0.05, 0.1) is 0 Å². The molecule has 1 atom stereocenters. The molecule has 2 N–H and O–H groups in total. The van der Waals surface area contributed by atoms with Crippen LogP contribution in [0, 0.1) is 6.92 Å². The number of nitrogens with one attached hydrogen (secondary N) is 1. The molecule has 0 spiro atoms. The van der Waals surface area contributed by atoms with Crippen LogP contribution in [0.15, 0.2) is 13.6 Å². The fourth-order valence-electron chi connectivity index (χ4n) is 2.17. The van der Waals surface area contributed by atoms with Gasteiger partial charge in [-0.05, 0) is 33.0 Å². The van der Waals surface area contributed by atoms with Crippen molar-refractivity contribution in [1.29, 1.82) is 0 Å². The topological polar surface area (TPSA) is 176 Å². The molecule has 0 saturated carbocycles. The first-order valence-corrected chi connectivity index (χ1v) is 9.36. The molecule has 0 radical (unpaired) electrons. The number of aliphatic carboxylic acids is 1. The molecule has 168 valence electrons. The van der Waals surface area contributed by atoms with E-state index in [1.54, 1.807) is 0 Å². The van der Waals surface area contributed by atoms with Crippen molar-refractivity contribution < 1.29 is 37.9 Å². The summed E-state index contributed by atoms with van der Waals surface area (Å²) in [6, 6.07) is -1.38. The lowest BCUT2D eigenvalue weighted by molar-refractivity contribution is -0.139. The smallest absolute Gasteiger partial charge is 0.480 e. The first-order valence-electron chi connectivity index (χ1n) is 9.36. The van der Waals surface area contributed by atoms with Gasteiger partial charge in [0.15, 0.2) is 18.1 Å². The number of nitrogens with zero attached hydrogens (tertiary/aromatic N) is 3. The van der Waals surface area contributed by atoms with Crippen LogP contribution in [0.2, 0.25) is 0 Å². The molecule has 0 aromatic carbocycles. The van der Waals surface area contributed by atoms with Crippen molar-refractivity contribution in [1.82, 2.24) is 10.2 Å². The molecule has 1 aromatic heterocycles. The van der Waals surface area contributed by atoms with E-state index in [1.807, 2.05) is 5.32 Å². The van der Waals surface area contributed by atoms with E-state index in [-0.39, 0.29) is 24.4 Å². The van der Waals surface area contributed by atoms with Gasteiger partial charge in [-0.15, -0.1) is 0 Å². The Morgan fingerprint density at radius 2 is 1.83 bits per heavy atom. The van der Waals surface area contributed by atoms with Gasteiger partial charge >= 0.3 is 24.1 Å². The van der Waals surface area contributed by atoms with Gasteiger partial charge in [0, 0.05) is 6.42 Å². The summed E-state index contributed by atoms with van der Waals surface area (Å²) in [4.78, 5) is 49.3. The fraction of sp³-hybridized carbons (Fsp3) is 0.611. The number of carboxylic acid groups (broad SMARTS) is 1. The number of carbonyl (C=O) groups excluding carboxylic acids is 2. The van der Waals surface area contributed by atoms with Gasteiger partial charge in [0.1, 0.15) is 6.04 Å². The van der Waals surface area contributed by atoms with Crippen LogP contribution in [0.1, 0.15) is 45.1 Å². The number of hydrogen-bond acceptors (Lipinski definition) is 8. The molecular formula is C18H28N4O8. The SMILES string of the molecule is CCN(CC)CC.Cc1oc(=O)oc1COC(=O)NC(CCC(=O)C=[N+]=[N-])C(=O)O. The Balaban J connectivity index is 0.00000103. The van der Waals surface area contributed by atoms with Crippen LogP contribution in [0.5, 0.6) is 0 Å². The molecule has 1 rings (SSSR count). The van der Waals surface area contributed by atoms with E-state index in [2.05, 4.69) is 39.3 Å². The highest BCUT2D eigenvalue weighted by Crippen LogP contribution is 2.07. The Kier molecular flexibility index (Phi) is 13.1. The Hall–Kier alpha value is -3.24. The van der Waals surface area contributed by atoms with Crippen LogP contribution >= 0.6 is 0 Å². The first kappa shape index (κ1) is 26.8. The minimum absolute atomic E-state index is 0.00800. The van der Waals surface area contributed by atoms with Crippen molar-refractivity contribution in [3.05, 3.63) is 27.7 Å². The van der Waals surface area contributed by atoms with Gasteiger partial charge in [0.2, 0.25) is 5.78 Å². The van der Waals surface area contributed by atoms with Crippen LogP contribution in [0.4, 0.5) is 4.79 Å². The third kappa shape index (κ3) is 10.9. The highest BCUT2D eigenvalue weighted by Gasteiger charge is 2.22. The zero-order chi connectivity index (χ0) is 23.1. The molecule has 12 nitrogen and oxygen atoms in total. The van der Waals surface area contributed by atoms with Crippen LogP contribution in [-0.4, -0.2) is 64.5 Å². The van der Waals surface area contributed by atoms with E-state index in [0.717, 1.165) is 0 Å². The van der Waals surface area contributed by atoms with Crippen molar-refractivity contribution in [3.8, 4) is 0 Å². The molecule has 0 bridgehead atoms. The van der Waals surface area contributed by atoms with Crippen molar-refractivity contribution in [2.75, 3.05) is 19.6 Å². The predicted molar refractivity (Wildman–Crippen MR) is 104 cm³/mol. The number of alkyl carbamates (subject to hydrolysis) is 1. The molecule has 1 aromatic rings. The van der Waals surface area contributed by atoms with Crippen LogP contribution in [0.25, 0.3) is 5.53 Å². The third-order valence-corrected chi connectivity index (χ3v) is 3.98. The van der Waals surface area contributed by atoms with E-state index in [4.69, 9.17) is 15.4 Å². The second kappa shape index (κ2) is 14.7. The molecule has 1 amide bonds. The molecule has 0 aliphatic rings. The predicted octanol–water partition coefficient (Wildman–Crippen LogP) is 1.22. The minimum Gasteiger partial charge on any atom is -0.480 e. The van der Waals surface area contributed by atoms with Crippen molar-refractivity contribution in [3.63, 3.8) is 0 Å². The summed E-state index contributed by atoms with van der Waals surface area (Å²) in [5.41, 5.74) is 8.16. The lowest BCUT2D eigenvalue weighted by atomic mass is 10.1. The number of ether oxygens (including phenoxy) is 1. The van der Waals surface area contributed by atoms with Gasteiger partial charge in [-0.3, -0.25) is 4.79 Å². The Morgan fingerprint density at radius 3 is 2.23 bits per heavy atom. The maximum atomic E-state index is 11.5. The van der Waals surface area contributed by atoms with Crippen LogP contribution < -0.4 is 11.1 Å². The van der Waals surface area contributed by atoms with E-state index >= 15 is 0 Å². The quantitative estimate of drug-likeness (QED) is 0.298. The summed E-state index contributed by atoms with van der Waals surface area (Å²) in [5.74, 6) is -2.81. The van der Waals surface area contributed by atoms with Gasteiger partial charge in [-0.1, -0.05) is 20.8 Å². The fourth-order valence-corrected chi connectivity index (χ4v) is 2.17. The van der Waals surface area contributed by atoms with Crippen molar-refractivity contribution in [2.24, 2.45) is 0 Å². The maximum Gasteiger partial charge on any atom is 0.519 e. The average molecular weight is 428 g/mol. The molecule has 0 aliphatic carbocycles. The normalized spacial score (nSPS) is 11.0. The molecular weight excluding hydrogens is 400 g/mol. The average Bonchev–Trinajstić information content (AvgIpc) is 3.02. The monoisotopic (exact) mass is 428 g/mol. The number of rotatable bonds is 11. The van der Waals surface area contributed by atoms with E-state index in [0.29, 0.717) is 6.21 Å². The first-order chi connectivity index (χ1) is 14.2. The number of Topliss-reactive ketones (excluding diaryl/α,β-unsaturated/α-hetero) is 1. The second-order valence-corrected chi connectivity index (χ2v) is 5.91. The summed E-state index contributed by atoms with van der Waals surface area (Å²) in [6.07, 6.45) is -0.934. The summed E-state index contributed by atoms with van der Waals surface area (Å²) >= 11 is 0. The lowest BCUT2D eigenvalue weighted by Crippen LogP contribution is -2.41. The third-order valence-electron chi connectivity index (χ3n) is 3.98. The van der Waals surface area contributed by atoms with Gasteiger partial charge < -0.3 is 34.4 Å². The van der Waals surface area contributed by atoms with Gasteiger partial charge in [-0.2, -0.15) is 4.79 Å². The highest BCUT2D eigenvalue weighted by molar-refractivity contribution is 6.25. The number of carbonyl (C=O) groups is 3. The molecule has 12 heteroatoms. The second-order valence-electron chi connectivity index (χ2n) is 5.91. The molecule has 30 heavy (non-hydrogen) atoms. The summed E-state index contributed by atoms with van der Waals surface area (Å²) in [5, 5.41) is 11.0. The van der Waals surface area contributed by atoms with Crippen molar-refractivity contribution >= 4 is 24.1 Å². The molecule has 1 unspecified atom stereocenters. The van der Waals surface area contributed by atoms with Gasteiger partial charge in [0.25, 0.3) is 0 Å². The van der Waals surface area contributed by atoms with Crippen LogP contribution in [-0.2, 0) is 20.9 Å². The maximum absolute atomic E-state index is 11.5. The number of ketones is 1. The Bertz CT molecular complexity index is 785. The summed E-state index contributed by atoms with van der Waals surface area (Å²) in [7, 11) is 0. The zero-order valence-corrected chi connectivity index (χ0v) is 17.5. The highest BCUT2D eigenvalue weighted by atomic mass is 16.6. The molecule has 0 aliphatic heterocycles. The Labute approximate surface area is 173 Å². The van der Waals surface area contributed by atoms with Crippen molar-refractivity contribution in [2.45, 2.75) is 53.2 Å². The van der Waals surface area contributed by atoms with E-state index in [1.165, 1.54) is 26.6 Å². The minimum atomic E-state index is -1.38. The number of amides is 1.